The fraction of sp³-hybridized carbons (Fsp3) is 0.429. The number of carbonyl (C=O) groups excluding carboxylic acids is 1. The van der Waals surface area contributed by atoms with Gasteiger partial charge in [0.15, 0.2) is 0 Å². The van der Waals surface area contributed by atoms with E-state index in [-0.39, 0.29) is 5.91 Å². The van der Waals surface area contributed by atoms with E-state index in [0.717, 1.165) is 5.39 Å². The summed E-state index contributed by atoms with van der Waals surface area (Å²) in [5, 5.41) is 8.18. The molecule has 1 saturated heterocycles. The van der Waals surface area contributed by atoms with Crippen LogP contribution in [-0.2, 0) is 4.74 Å². The molecule has 2 aromatic rings. The summed E-state index contributed by atoms with van der Waals surface area (Å²) < 4.78 is 5.48. The summed E-state index contributed by atoms with van der Waals surface area (Å²) in [6.07, 6.45) is 1.69. The maximum atomic E-state index is 12.8. The first-order valence-electron chi connectivity index (χ1n) is 6.65. The number of aromatic nitrogens is 2. The zero-order valence-electron chi connectivity index (χ0n) is 11.2. The third kappa shape index (κ3) is 2.39. The van der Waals surface area contributed by atoms with Crippen molar-refractivity contribution in [3.63, 3.8) is 0 Å². The van der Waals surface area contributed by atoms with Crippen molar-refractivity contribution in [1.82, 2.24) is 15.1 Å². The van der Waals surface area contributed by atoms with Crippen molar-refractivity contribution in [3.8, 4) is 0 Å². The Morgan fingerprint density at radius 2 is 2.40 bits per heavy atom. The molecule has 0 bridgehead atoms. The molecule has 1 aromatic heterocycles. The lowest BCUT2D eigenvalue weighted by atomic mass is 10.1. The number of benzene rings is 1. The van der Waals surface area contributed by atoms with Crippen molar-refractivity contribution in [2.75, 3.05) is 26.3 Å². The van der Waals surface area contributed by atoms with E-state index in [1.165, 1.54) is 0 Å². The highest BCUT2D eigenvalue weighted by molar-refractivity contribution is 6.35. The van der Waals surface area contributed by atoms with E-state index in [2.05, 4.69) is 17.1 Å². The summed E-state index contributed by atoms with van der Waals surface area (Å²) in [4.78, 5) is 14.6. The van der Waals surface area contributed by atoms with Gasteiger partial charge in [-0.25, -0.2) is 0 Å². The first kappa shape index (κ1) is 13.4. The number of amides is 1. The molecule has 1 aromatic carbocycles. The van der Waals surface area contributed by atoms with Gasteiger partial charge in [-0.1, -0.05) is 18.5 Å². The molecule has 1 aliphatic heterocycles. The molecule has 1 N–H and O–H groups in total. The molecule has 1 atom stereocenters. The Hall–Kier alpha value is -1.59. The molecule has 106 valence electrons. The second-order valence-corrected chi connectivity index (χ2v) is 5.60. The second-order valence-electron chi connectivity index (χ2n) is 5.19. The number of nitrogens with zero attached hydrogens (tertiary/aromatic N) is 2. The van der Waals surface area contributed by atoms with Crippen LogP contribution in [0.4, 0.5) is 0 Å². The van der Waals surface area contributed by atoms with Gasteiger partial charge in [-0.2, -0.15) is 5.10 Å². The monoisotopic (exact) mass is 293 g/mol. The topological polar surface area (TPSA) is 58.2 Å². The molecule has 1 amide bonds. The zero-order valence-corrected chi connectivity index (χ0v) is 12.0. The van der Waals surface area contributed by atoms with Crippen LogP contribution in [0.2, 0.25) is 5.02 Å². The van der Waals surface area contributed by atoms with Crippen LogP contribution in [0.3, 0.4) is 0 Å². The van der Waals surface area contributed by atoms with Crippen molar-refractivity contribution in [1.29, 1.82) is 0 Å². The smallest absolute Gasteiger partial charge is 0.257 e. The molecule has 0 radical (unpaired) electrons. The van der Waals surface area contributed by atoms with Crippen LogP contribution >= 0.6 is 11.6 Å². The van der Waals surface area contributed by atoms with E-state index in [4.69, 9.17) is 16.3 Å². The van der Waals surface area contributed by atoms with Gasteiger partial charge in [0.25, 0.3) is 5.91 Å². The molecule has 0 spiro atoms. The van der Waals surface area contributed by atoms with Crippen molar-refractivity contribution >= 4 is 28.4 Å². The Morgan fingerprint density at radius 3 is 3.25 bits per heavy atom. The van der Waals surface area contributed by atoms with Crippen molar-refractivity contribution in [3.05, 3.63) is 28.9 Å². The minimum Gasteiger partial charge on any atom is -0.379 e. The van der Waals surface area contributed by atoms with E-state index < -0.39 is 0 Å². The predicted octanol–water partition coefficient (Wildman–Crippen LogP) is 2.32. The van der Waals surface area contributed by atoms with E-state index in [0.29, 0.717) is 48.3 Å². The summed E-state index contributed by atoms with van der Waals surface area (Å²) in [5.74, 6) is 0.253. The SMILES string of the molecule is CC1COCCN(C(=O)c2c(Cl)ccc3cn[nH]c23)C1. The van der Waals surface area contributed by atoms with Crippen LogP contribution in [0.25, 0.3) is 10.9 Å². The average Bonchev–Trinajstić information content (AvgIpc) is 2.79. The Bertz CT molecular complexity index is 640. The molecule has 1 aliphatic rings. The highest BCUT2D eigenvalue weighted by Crippen LogP contribution is 2.26. The Labute approximate surface area is 121 Å². The lowest BCUT2D eigenvalue weighted by Crippen LogP contribution is -2.35. The minimum absolute atomic E-state index is 0.0674. The molecule has 0 saturated carbocycles. The van der Waals surface area contributed by atoms with Gasteiger partial charge in [0.05, 0.1) is 35.5 Å². The third-order valence-electron chi connectivity index (χ3n) is 3.51. The normalized spacial score (nSPS) is 20.1. The number of carbonyl (C=O) groups is 1. The largest absolute Gasteiger partial charge is 0.379 e. The van der Waals surface area contributed by atoms with E-state index >= 15 is 0 Å². The van der Waals surface area contributed by atoms with Crippen LogP contribution in [0.15, 0.2) is 18.3 Å². The van der Waals surface area contributed by atoms with Gasteiger partial charge in [-0.05, 0) is 18.1 Å². The molecule has 1 unspecified atom stereocenters. The summed E-state index contributed by atoms with van der Waals surface area (Å²) in [7, 11) is 0. The number of hydrogen-bond donors (Lipinski definition) is 1. The van der Waals surface area contributed by atoms with Crippen molar-refractivity contribution < 1.29 is 9.53 Å². The second kappa shape index (κ2) is 5.42. The number of nitrogens with one attached hydrogen (secondary N) is 1. The third-order valence-corrected chi connectivity index (χ3v) is 3.82. The van der Waals surface area contributed by atoms with Gasteiger partial charge in [-0.3, -0.25) is 9.89 Å². The first-order valence-corrected chi connectivity index (χ1v) is 7.03. The predicted molar refractivity (Wildman–Crippen MR) is 77.0 cm³/mol. The Kier molecular flexibility index (Phi) is 3.63. The van der Waals surface area contributed by atoms with Gasteiger partial charge < -0.3 is 9.64 Å². The van der Waals surface area contributed by atoms with E-state index in [9.17, 15) is 4.79 Å². The number of rotatable bonds is 1. The summed E-state index contributed by atoms with van der Waals surface area (Å²) >= 11 is 6.22. The van der Waals surface area contributed by atoms with Crippen LogP contribution in [-0.4, -0.2) is 47.3 Å². The van der Waals surface area contributed by atoms with Crippen molar-refractivity contribution in [2.45, 2.75) is 6.92 Å². The summed E-state index contributed by atoms with van der Waals surface area (Å²) in [5.41, 5.74) is 1.19. The maximum Gasteiger partial charge on any atom is 0.257 e. The van der Waals surface area contributed by atoms with Crippen LogP contribution in [0.1, 0.15) is 17.3 Å². The molecule has 2 heterocycles. The number of ether oxygens (including phenoxy) is 1. The van der Waals surface area contributed by atoms with Gasteiger partial charge in [0.1, 0.15) is 0 Å². The van der Waals surface area contributed by atoms with Gasteiger partial charge in [-0.15, -0.1) is 0 Å². The Morgan fingerprint density at radius 1 is 1.55 bits per heavy atom. The van der Waals surface area contributed by atoms with E-state index in [1.54, 1.807) is 17.2 Å². The first-order chi connectivity index (χ1) is 9.66. The summed E-state index contributed by atoms with van der Waals surface area (Å²) in [6.45, 7) is 4.59. The van der Waals surface area contributed by atoms with Crippen LogP contribution in [0.5, 0.6) is 0 Å². The highest BCUT2D eigenvalue weighted by atomic mass is 35.5. The molecule has 0 aliphatic carbocycles. The lowest BCUT2D eigenvalue weighted by molar-refractivity contribution is 0.0740. The van der Waals surface area contributed by atoms with Crippen molar-refractivity contribution in [2.24, 2.45) is 5.92 Å². The lowest BCUT2D eigenvalue weighted by Gasteiger charge is -2.22. The molecule has 3 rings (SSSR count). The van der Waals surface area contributed by atoms with Gasteiger partial charge >= 0.3 is 0 Å². The molecule has 20 heavy (non-hydrogen) atoms. The van der Waals surface area contributed by atoms with Crippen LogP contribution < -0.4 is 0 Å². The molecule has 1 fully saturated rings. The molecular weight excluding hydrogens is 278 g/mol. The van der Waals surface area contributed by atoms with Gasteiger partial charge in [0.2, 0.25) is 0 Å². The molecule has 6 heteroatoms. The van der Waals surface area contributed by atoms with Gasteiger partial charge in [0, 0.05) is 18.5 Å². The number of aromatic amines is 1. The highest BCUT2D eigenvalue weighted by Gasteiger charge is 2.25. The quantitative estimate of drug-likeness (QED) is 0.878. The standard InChI is InChI=1S/C14H16ClN3O2/c1-9-7-18(4-5-20-8-9)14(19)12-11(15)3-2-10-6-16-17-13(10)12/h2-3,6,9H,4-5,7-8H2,1H3,(H,16,17). The van der Waals surface area contributed by atoms with E-state index in [1.807, 2.05) is 6.07 Å². The summed E-state index contributed by atoms with van der Waals surface area (Å²) in [6, 6.07) is 3.59. The zero-order chi connectivity index (χ0) is 14.1. The molecule has 5 nitrogen and oxygen atoms in total. The minimum atomic E-state index is -0.0674. The molecular formula is C14H16ClN3O2. The average molecular weight is 294 g/mol. The Balaban J connectivity index is 1.99. The van der Waals surface area contributed by atoms with Crippen LogP contribution in [0, 0.1) is 5.92 Å². The number of H-pyrrole nitrogens is 1. The number of hydrogen-bond acceptors (Lipinski definition) is 3. The number of fused-ring (bicyclic) bond motifs is 1. The maximum absolute atomic E-state index is 12.8. The number of halogens is 1. The fourth-order valence-corrected chi connectivity index (χ4v) is 2.76. The fourth-order valence-electron chi connectivity index (χ4n) is 2.52.